The van der Waals surface area contributed by atoms with Crippen LogP contribution in [0.2, 0.25) is 0 Å². The van der Waals surface area contributed by atoms with Gasteiger partial charge in [-0.25, -0.2) is 13.8 Å². The van der Waals surface area contributed by atoms with Crippen LogP contribution in [0.3, 0.4) is 0 Å². The Morgan fingerprint density at radius 1 is 1.62 bits per heavy atom. The minimum absolute atomic E-state index is 0.00393. The van der Waals surface area contributed by atoms with E-state index in [0.29, 0.717) is 6.42 Å². The number of halogens is 2. The minimum Gasteiger partial charge on any atom is -0.359 e. The summed E-state index contributed by atoms with van der Waals surface area (Å²) in [5.74, 6) is -2.48. The van der Waals surface area contributed by atoms with Crippen molar-refractivity contribution in [2.24, 2.45) is 0 Å². The van der Waals surface area contributed by atoms with E-state index < -0.39 is 5.92 Å². The molecule has 1 fully saturated rings. The third-order valence-corrected chi connectivity index (χ3v) is 2.87. The molecule has 2 nitrogen and oxygen atoms in total. The van der Waals surface area contributed by atoms with Gasteiger partial charge in [0, 0.05) is 30.5 Å². The van der Waals surface area contributed by atoms with Gasteiger partial charge >= 0.3 is 0 Å². The van der Waals surface area contributed by atoms with E-state index in [9.17, 15) is 8.78 Å². The molecule has 1 N–H and O–H groups in total. The normalized spacial score (nSPS) is 26.2. The molecule has 0 aromatic carbocycles. The minimum atomic E-state index is -2.48. The summed E-state index contributed by atoms with van der Waals surface area (Å²) in [5, 5.41) is 5.57. The van der Waals surface area contributed by atoms with Crippen LogP contribution in [-0.2, 0) is 0 Å². The maximum atomic E-state index is 12.8. The molecule has 1 aliphatic carbocycles. The summed E-state index contributed by atoms with van der Waals surface area (Å²) in [5.41, 5.74) is 0. The van der Waals surface area contributed by atoms with E-state index in [1.54, 1.807) is 6.20 Å². The largest absolute Gasteiger partial charge is 0.359 e. The van der Waals surface area contributed by atoms with E-state index >= 15 is 0 Å². The molecule has 1 aliphatic rings. The summed E-state index contributed by atoms with van der Waals surface area (Å²) in [6, 6.07) is -0.110. The molecule has 2 rings (SSSR count). The Balaban J connectivity index is 1.91. The van der Waals surface area contributed by atoms with Crippen molar-refractivity contribution in [1.82, 2.24) is 4.98 Å². The third kappa shape index (κ3) is 2.15. The second kappa shape index (κ2) is 3.21. The molecule has 1 unspecified atom stereocenters. The van der Waals surface area contributed by atoms with Crippen molar-refractivity contribution in [3.05, 3.63) is 11.6 Å². The lowest BCUT2D eigenvalue weighted by Crippen LogP contribution is -2.18. The Morgan fingerprint density at radius 2 is 2.46 bits per heavy atom. The highest BCUT2D eigenvalue weighted by atomic mass is 32.1. The quantitative estimate of drug-likeness (QED) is 0.801. The molecule has 1 heterocycles. The molecule has 5 heteroatoms. The van der Waals surface area contributed by atoms with Gasteiger partial charge < -0.3 is 5.32 Å². The van der Waals surface area contributed by atoms with Gasteiger partial charge in [0.1, 0.15) is 0 Å². The van der Waals surface area contributed by atoms with Gasteiger partial charge in [-0.05, 0) is 6.42 Å². The van der Waals surface area contributed by atoms with Gasteiger partial charge in [0.15, 0.2) is 5.13 Å². The number of rotatable bonds is 2. The number of hydrogen-bond donors (Lipinski definition) is 1. The Bertz CT molecular complexity index is 274. The lowest BCUT2D eigenvalue weighted by Gasteiger charge is -2.11. The van der Waals surface area contributed by atoms with E-state index in [1.807, 2.05) is 5.38 Å². The van der Waals surface area contributed by atoms with E-state index in [2.05, 4.69) is 10.3 Å². The fraction of sp³-hybridized carbons (Fsp3) is 0.625. The van der Waals surface area contributed by atoms with Crippen LogP contribution in [0, 0.1) is 0 Å². The fourth-order valence-corrected chi connectivity index (χ4v) is 2.15. The molecule has 1 aromatic rings. The summed E-state index contributed by atoms with van der Waals surface area (Å²) in [4.78, 5) is 3.99. The number of aromatic nitrogens is 1. The second-order valence-electron chi connectivity index (χ2n) is 3.28. The van der Waals surface area contributed by atoms with Crippen LogP contribution in [-0.4, -0.2) is 16.9 Å². The van der Waals surface area contributed by atoms with E-state index in [0.717, 1.165) is 5.13 Å². The average molecular weight is 204 g/mol. The summed E-state index contributed by atoms with van der Waals surface area (Å²) in [6.07, 6.45) is 2.13. The molecule has 0 spiro atoms. The second-order valence-corrected chi connectivity index (χ2v) is 4.17. The zero-order valence-electron chi connectivity index (χ0n) is 6.96. The zero-order valence-corrected chi connectivity index (χ0v) is 7.78. The number of alkyl halides is 2. The van der Waals surface area contributed by atoms with E-state index in [-0.39, 0.29) is 18.9 Å². The van der Waals surface area contributed by atoms with Crippen LogP contribution in [0.4, 0.5) is 13.9 Å². The van der Waals surface area contributed by atoms with Crippen LogP contribution in [0.25, 0.3) is 0 Å². The van der Waals surface area contributed by atoms with Crippen molar-refractivity contribution in [1.29, 1.82) is 0 Å². The van der Waals surface area contributed by atoms with Gasteiger partial charge in [-0.1, -0.05) is 0 Å². The van der Waals surface area contributed by atoms with Crippen LogP contribution < -0.4 is 5.32 Å². The molecule has 0 saturated heterocycles. The first-order chi connectivity index (χ1) is 6.16. The maximum absolute atomic E-state index is 12.8. The van der Waals surface area contributed by atoms with Crippen LogP contribution in [0.15, 0.2) is 11.6 Å². The summed E-state index contributed by atoms with van der Waals surface area (Å²) < 4.78 is 25.5. The van der Waals surface area contributed by atoms with Gasteiger partial charge in [-0.15, -0.1) is 11.3 Å². The number of nitrogens with zero attached hydrogens (tertiary/aromatic N) is 1. The third-order valence-electron chi connectivity index (χ3n) is 2.16. The molecular weight excluding hydrogens is 194 g/mol. The average Bonchev–Trinajstić information content (AvgIpc) is 2.61. The first kappa shape index (κ1) is 8.87. The van der Waals surface area contributed by atoms with Crippen molar-refractivity contribution in [3.8, 4) is 0 Å². The number of hydrogen-bond acceptors (Lipinski definition) is 3. The SMILES string of the molecule is FC1(F)CCC(Nc2nccs2)C1. The molecule has 0 aliphatic heterocycles. The van der Waals surface area contributed by atoms with Crippen molar-refractivity contribution in [2.45, 2.75) is 31.2 Å². The predicted molar refractivity (Wildman–Crippen MR) is 48.3 cm³/mol. The topological polar surface area (TPSA) is 24.9 Å². The monoisotopic (exact) mass is 204 g/mol. The number of nitrogens with one attached hydrogen (secondary N) is 1. The molecule has 0 bridgehead atoms. The summed E-state index contributed by atoms with van der Waals surface area (Å²) in [7, 11) is 0. The van der Waals surface area contributed by atoms with Gasteiger partial charge in [0.2, 0.25) is 5.92 Å². The Hall–Kier alpha value is -0.710. The highest BCUT2D eigenvalue weighted by Gasteiger charge is 2.39. The first-order valence-electron chi connectivity index (χ1n) is 4.20. The lowest BCUT2D eigenvalue weighted by molar-refractivity contribution is 0.00853. The molecule has 1 atom stereocenters. The van der Waals surface area contributed by atoms with Crippen molar-refractivity contribution >= 4 is 16.5 Å². The zero-order chi connectivity index (χ0) is 9.31. The van der Waals surface area contributed by atoms with Crippen LogP contribution in [0.1, 0.15) is 19.3 Å². The molecular formula is C8H10F2N2S. The van der Waals surface area contributed by atoms with Gasteiger partial charge in [0.25, 0.3) is 0 Å². The Kier molecular flexibility index (Phi) is 2.19. The maximum Gasteiger partial charge on any atom is 0.250 e. The van der Waals surface area contributed by atoms with Crippen LogP contribution in [0.5, 0.6) is 0 Å². The Labute approximate surface area is 79.0 Å². The van der Waals surface area contributed by atoms with Gasteiger partial charge in [-0.2, -0.15) is 0 Å². The van der Waals surface area contributed by atoms with Crippen molar-refractivity contribution in [2.75, 3.05) is 5.32 Å². The van der Waals surface area contributed by atoms with Gasteiger partial charge in [-0.3, -0.25) is 0 Å². The molecule has 1 saturated carbocycles. The molecule has 1 aromatic heterocycles. The van der Waals surface area contributed by atoms with Crippen molar-refractivity contribution in [3.63, 3.8) is 0 Å². The predicted octanol–water partition coefficient (Wildman–Crippen LogP) is 2.74. The standard InChI is InChI=1S/C8H10F2N2S/c9-8(10)2-1-6(5-8)12-7-11-3-4-13-7/h3-4,6H,1-2,5H2,(H,11,12). The number of anilines is 1. The number of thiazole rings is 1. The molecule has 13 heavy (non-hydrogen) atoms. The van der Waals surface area contributed by atoms with Crippen molar-refractivity contribution < 1.29 is 8.78 Å². The van der Waals surface area contributed by atoms with Crippen LogP contribution >= 0.6 is 11.3 Å². The van der Waals surface area contributed by atoms with E-state index in [4.69, 9.17) is 0 Å². The Morgan fingerprint density at radius 3 is 3.00 bits per heavy atom. The van der Waals surface area contributed by atoms with E-state index in [1.165, 1.54) is 11.3 Å². The lowest BCUT2D eigenvalue weighted by atomic mass is 10.2. The molecule has 0 radical (unpaired) electrons. The first-order valence-corrected chi connectivity index (χ1v) is 5.07. The fourth-order valence-electron chi connectivity index (χ4n) is 1.54. The molecule has 72 valence electrons. The summed E-state index contributed by atoms with van der Waals surface area (Å²) >= 11 is 1.44. The highest BCUT2D eigenvalue weighted by molar-refractivity contribution is 7.13. The van der Waals surface area contributed by atoms with Gasteiger partial charge in [0.05, 0.1) is 0 Å². The molecule has 0 amide bonds. The smallest absolute Gasteiger partial charge is 0.250 e. The summed E-state index contributed by atoms with van der Waals surface area (Å²) in [6.45, 7) is 0. The highest BCUT2D eigenvalue weighted by Crippen LogP contribution is 2.36.